The molecule has 2 amide bonds. The summed E-state index contributed by atoms with van der Waals surface area (Å²) in [6.45, 7) is 4.85. The van der Waals surface area contributed by atoms with E-state index in [4.69, 9.17) is 23.2 Å². The maximum atomic E-state index is 12.3. The highest BCUT2D eigenvalue weighted by atomic mass is 35.5. The smallest absolute Gasteiger partial charge is 0.279 e. The minimum absolute atomic E-state index is 0.0166. The van der Waals surface area contributed by atoms with E-state index in [0.29, 0.717) is 27.6 Å². The van der Waals surface area contributed by atoms with Crippen LogP contribution in [0.25, 0.3) is 0 Å². The van der Waals surface area contributed by atoms with Crippen molar-refractivity contribution in [3.8, 4) is 0 Å². The number of hydrogen-bond acceptors (Lipinski definition) is 2. The second-order valence-electron chi connectivity index (χ2n) is 7.40. The van der Waals surface area contributed by atoms with Gasteiger partial charge >= 0.3 is 0 Å². The third-order valence-corrected chi connectivity index (χ3v) is 5.84. The zero-order valence-electron chi connectivity index (χ0n) is 15.6. The number of para-hydroxylation sites is 1. The van der Waals surface area contributed by atoms with Gasteiger partial charge in [-0.15, -0.1) is 0 Å². The maximum Gasteiger partial charge on any atom is 0.279 e. The van der Waals surface area contributed by atoms with E-state index in [1.807, 2.05) is 7.05 Å². The molecule has 4 atom stereocenters. The summed E-state index contributed by atoms with van der Waals surface area (Å²) in [6, 6.07) is 5.28. The van der Waals surface area contributed by atoms with Crippen LogP contribution in [0.3, 0.4) is 0 Å². The fourth-order valence-corrected chi connectivity index (χ4v) is 3.95. The number of anilines is 1. The summed E-state index contributed by atoms with van der Waals surface area (Å²) in [5.41, 5.74) is 0.406. The van der Waals surface area contributed by atoms with Crippen LogP contribution >= 0.6 is 23.2 Å². The minimum atomic E-state index is -0.232. The quantitative estimate of drug-likeness (QED) is 0.686. The van der Waals surface area contributed by atoms with Crippen LogP contribution in [0.2, 0.25) is 10.0 Å². The Balaban J connectivity index is 1.81. The average Bonchev–Trinajstić information content (AvgIpc) is 2.55. The summed E-state index contributed by atoms with van der Waals surface area (Å²) in [6.07, 6.45) is 3.41. The van der Waals surface area contributed by atoms with Gasteiger partial charge in [-0.05, 0) is 30.4 Å². The van der Waals surface area contributed by atoms with Gasteiger partial charge in [0.25, 0.3) is 11.8 Å². The predicted octanol–water partition coefficient (Wildman–Crippen LogP) is 2.39. The Labute approximate surface area is 165 Å². The van der Waals surface area contributed by atoms with Gasteiger partial charge in [0.15, 0.2) is 13.1 Å². The van der Waals surface area contributed by atoms with E-state index < -0.39 is 0 Å². The molecule has 0 radical (unpaired) electrons. The molecule has 0 saturated heterocycles. The van der Waals surface area contributed by atoms with E-state index in [-0.39, 0.29) is 30.9 Å². The molecule has 2 rings (SSSR count). The summed E-state index contributed by atoms with van der Waals surface area (Å²) < 4.78 is 0. The Morgan fingerprint density at radius 3 is 2.38 bits per heavy atom. The summed E-state index contributed by atoms with van der Waals surface area (Å²) in [7, 11) is 1.82. The highest BCUT2D eigenvalue weighted by Crippen LogP contribution is 2.30. The Kier molecular flexibility index (Phi) is 7.74. The van der Waals surface area contributed by atoms with Gasteiger partial charge in [-0.25, -0.2) is 0 Å². The first-order valence-corrected chi connectivity index (χ1v) is 9.88. The molecule has 1 aliphatic carbocycles. The monoisotopic (exact) mass is 400 g/mol. The lowest BCUT2D eigenvalue weighted by Gasteiger charge is -2.34. The molecule has 0 aliphatic heterocycles. The molecule has 1 aromatic carbocycles. The van der Waals surface area contributed by atoms with E-state index in [1.165, 1.54) is 6.42 Å². The summed E-state index contributed by atoms with van der Waals surface area (Å²) in [5, 5.41) is 6.64. The first-order valence-electron chi connectivity index (χ1n) is 9.12. The molecule has 0 spiro atoms. The van der Waals surface area contributed by atoms with E-state index in [9.17, 15) is 9.59 Å². The molecular weight excluding hydrogens is 373 g/mol. The third kappa shape index (κ3) is 5.86. The lowest BCUT2D eigenvalue weighted by atomic mass is 9.78. The summed E-state index contributed by atoms with van der Waals surface area (Å²) >= 11 is 12.1. The molecule has 1 aliphatic rings. The highest BCUT2D eigenvalue weighted by molar-refractivity contribution is 6.39. The second kappa shape index (κ2) is 9.58. The molecule has 0 heterocycles. The molecule has 1 fully saturated rings. The first kappa shape index (κ1) is 21.0. The van der Waals surface area contributed by atoms with E-state index >= 15 is 0 Å². The number of likely N-dealkylation sites (N-methyl/N-ethyl adjacent to an activating group) is 1. The molecule has 1 unspecified atom stereocenters. The van der Waals surface area contributed by atoms with Crippen molar-refractivity contribution >= 4 is 40.7 Å². The number of carbonyl (C=O) groups excluding carboxylic acids is 2. The largest absolute Gasteiger partial charge is 0.348 e. The van der Waals surface area contributed by atoms with Gasteiger partial charge in [0, 0.05) is 6.04 Å². The van der Waals surface area contributed by atoms with Crippen molar-refractivity contribution in [2.75, 3.05) is 25.5 Å². The SMILES string of the molecule is C[C@@H]1[C@H](C)CCC[C@@H]1NC(=O)C[NH+](C)CC(=O)Nc1c(Cl)cccc1Cl. The molecule has 1 aromatic rings. The Hall–Kier alpha value is -1.30. The van der Waals surface area contributed by atoms with Gasteiger partial charge in [0.2, 0.25) is 0 Å². The van der Waals surface area contributed by atoms with Crippen molar-refractivity contribution in [3.63, 3.8) is 0 Å². The number of amides is 2. The molecule has 5 nitrogen and oxygen atoms in total. The van der Waals surface area contributed by atoms with Crippen molar-refractivity contribution in [2.24, 2.45) is 11.8 Å². The van der Waals surface area contributed by atoms with Crippen LogP contribution in [0.4, 0.5) is 5.69 Å². The van der Waals surface area contributed by atoms with Gasteiger partial charge < -0.3 is 15.5 Å². The van der Waals surface area contributed by atoms with Crippen LogP contribution in [-0.2, 0) is 9.59 Å². The van der Waals surface area contributed by atoms with Crippen molar-refractivity contribution in [1.29, 1.82) is 0 Å². The summed E-state index contributed by atoms with van der Waals surface area (Å²) in [5.74, 6) is 0.867. The maximum absolute atomic E-state index is 12.3. The molecule has 1 saturated carbocycles. The van der Waals surface area contributed by atoms with Gasteiger partial charge in [0.1, 0.15) is 0 Å². The van der Waals surface area contributed by atoms with Gasteiger partial charge in [-0.2, -0.15) is 0 Å². The Morgan fingerprint density at radius 1 is 1.12 bits per heavy atom. The van der Waals surface area contributed by atoms with Crippen LogP contribution in [-0.4, -0.2) is 38.0 Å². The van der Waals surface area contributed by atoms with Crippen LogP contribution in [0.1, 0.15) is 33.1 Å². The first-order chi connectivity index (χ1) is 12.3. The van der Waals surface area contributed by atoms with Gasteiger partial charge in [-0.1, -0.05) is 56.0 Å². The van der Waals surface area contributed by atoms with Crippen LogP contribution in [0.15, 0.2) is 18.2 Å². The van der Waals surface area contributed by atoms with E-state index in [2.05, 4.69) is 24.5 Å². The van der Waals surface area contributed by atoms with Crippen molar-refractivity contribution < 1.29 is 14.5 Å². The standard InChI is InChI=1S/C19H27Cl2N3O2/c1-12-6-4-9-16(13(12)2)22-17(25)10-24(3)11-18(26)23-19-14(20)7-5-8-15(19)21/h5,7-8,12-13,16H,4,6,9-11H2,1-3H3,(H,22,25)(H,23,26)/p+1/t12-,13-,16+/m1/s1. The fraction of sp³-hybridized carbons (Fsp3) is 0.579. The van der Waals surface area contributed by atoms with Crippen molar-refractivity contribution in [3.05, 3.63) is 28.2 Å². The number of benzene rings is 1. The minimum Gasteiger partial charge on any atom is -0.348 e. The number of rotatable bonds is 6. The third-order valence-electron chi connectivity index (χ3n) is 5.21. The van der Waals surface area contributed by atoms with Crippen molar-refractivity contribution in [2.45, 2.75) is 39.2 Å². The lowest BCUT2D eigenvalue weighted by Crippen LogP contribution is -3.11. The molecule has 144 valence electrons. The number of nitrogens with one attached hydrogen (secondary N) is 3. The fourth-order valence-electron chi connectivity index (χ4n) is 3.46. The zero-order chi connectivity index (χ0) is 19.3. The summed E-state index contributed by atoms with van der Waals surface area (Å²) in [4.78, 5) is 25.3. The van der Waals surface area contributed by atoms with Gasteiger partial charge in [-0.3, -0.25) is 9.59 Å². The van der Waals surface area contributed by atoms with Crippen LogP contribution in [0, 0.1) is 11.8 Å². The molecular formula is C19H28Cl2N3O2+. The molecule has 0 bridgehead atoms. The number of carbonyl (C=O) groups is 2. The zero-order valence-corrected chi connectivity index (χ0v) is 17.1. The van der Waals surface area contributed by atoms with Crippen LogP contribution < -0.4 is 15.5 Å². The van der Waals surface area contributed by atoms with Crippen LogP contribution in [0.5, 0.6) is 0 Å². The van der Waals surface area contributed by atoms with E-state index in [1.54, 1.807) is 18.2 Å². The topological polar surface area (TPSA) is 62.6 Å². The highest BCUT2D eigenvalue weighted by Gasteiger charge is 2.28. The normalized spacial score (nSPS) is 24.0. The lowest BCUT2D eigenvalue weighted by molar-refractivity contribution is -0.862. The second-order valence-corrected chi connectivity index (χ2v) is 8.21. The number of quaternary nitrogens is 1. The average molecular weight is 401 g/mol. The van der Waals surface area contributed by atoms with Gasteiger partial charge in [0.05, 0.1) is 22.8 Å². The van der Waals surface area contributed by atoms with Crippen molar-refractivity contribution in [1.82, 2.24) is 5.32 Å². The number of hydrogen-bond donors (Lipinski definition) is 3. The molecule has 26 heavy (non-hydrogen) atoms. The number of halogens is 2. The van der Waals surface area contributed by atoms with E-state index in [0.717, 1.165) is 17.7 Å². The molecule has 7 heteroatoms. The Bertz CT molecular complexity index is 633. The molecule has 3 N–H and O–H groups in total. The predicted molar refractivity (Wildman–Crippen MR) is 106 cm³/mol. The molecule has 0 aromatic heterocycles. The Morgan fingerprint density at radius 2 is 1.73 bits per heavy atom.